The molecule has 2 fully saturated rings. The zero-order valence-electron chi connectivity index (χ0n) is 8.21. The Morgan fingerprint density at radius 2 is 2.00 bits per heavy atom. The first-order valence-corrected chi connectivity index (χ1v) is 4.97. The minimum atomic E-state index is -0.183. The molecule has 0 aliphatic heterocycles. The Balaban J connectivity index is 1.74. The Morgan fingerprint density at radius 3 is 2.38 bits per heavy atom. The first-order chi connectivity index (χ1) is 5.99. The van der Waals surface area contributed by atoms with E-state index in [0.717, 1.165) is 19.3 Å². The average Bonchev–Trinajstić information content (AvgIpc) is 2.56. The number of hydrogen-bond acceptors (Lipinski definition) is 2. The standard InChI is InChI=1S/C10H17NO2/c1-10(2)5-8(10)9(13)11-6-3-7(12)4-6/h6-8,12H,3-5H2,1-2H3,(H,11,13). The molecule has 2 saturated carbocycles. The van der Waals surface area contributed by atoms with Gasteiger partial charge < -0.3 is 10.4 Å². The smallest absolute Gasteiger partial charge is 0.223 e. The molecule has 0 radical (unpaired) electrons. The fourth-order valence-electron chi connectivity index (χ4n) is 1.92. The molecule has 3 heteroatoms. The first-order valence-electron chi connectivity index (χ1n) is 4.97. The predicted molar refractivity (Wildman–Crippen MR) is 49.1 cm³/mol. The van der Waals surface area contributed by atoms with E-state index in [9.17, 15) is 4.79 Å². The van der Waals surface area contributed by atoms with Crippen molar-refractivity contribution in [1.82, 2.24) is 5.32 Å². The highest BCUT2D eigenvalue weighted by Crippen LogP contribution is 2.51. The summed E-state index contributed by atoms with van der Waals surface area (Å²) in [5.41, 5.74) is 0.215. The van der Waals surface area contributed by atoms with Gasteiger partial charge in [-0.25, -0.2) is 0 Å². The van der Waals surface area contributed by atoms with Gasteiger partial charge in [-0.1, -0.05) is 13.8 Å². The lowest BCUT2D eigenvalue weighted by Crippen LogP contribution is -2.47. The molecule has 0 aromatic heterocycles. The van der Waals surface area contributed by atoms with Crippen LogP contribution in [0.4, 0.5) is 0 Å². The van der Waals surface area contributed by atoms with Crippen LogP contribution in [0.5, 0.6) is 0 Å². The van der Waals surface area contributed by atoms with Gasteiger partial charge in [-0.3, -0.25) is 4.79 Å². The summed E-state index contributed by atoms with van der Waals surface area (Å²) in [4.78, 5) is 11.5. The van der Waals surface area contributed by atoms with Crippen molar-refractivity contribution in [1.29, 1.82) is 0 Å². The van der Waals surface area contributed by atoms with E-state index in [0.29, 0.717) is 0 Å². The van der Waals surface area contributed by atoms with Crippen LogP contribution < -0.4 is 5.32 Å². The molecule has 0 aromatic rings. The molecular formula is C10H17NO2. The molecule has 2 aliphatic rings. The molecule has 74 valence electrons. The Bertz CT molecular complexity index is 231. The summed E-state index contributed by atoms with van der Waals surface area (Å²) in [6, 6.07) is 0.235. The second kappa shape index (κ2) is 2.71. The fourth-order valence-corrected chi connectivity index (χ4v) is 1.92. The molecule has 0 spiro atoms. The number of hydrogen-bond donors (Lipinski definition) is 2. The normalized spacial score (nSPS) is 40.7. The maximum Gasteiger partial charge on any atom is 0.223 e. The summed E-state index contributed by atoms with van der Waals surface area (Å²) >= 11 is 0. The second-order valence-electron chi connectivity index (χ2n) is 5.08. The van der Waals surface area contributed by atoms with Gasteiger partial charge in [0.25, 0.3) is 0 Å². The molecule has 1 unspecified atom stereocenters. The zero-order valence-corrected chi connectivity index (χ0v) is 8.21. The van der Waals surface area contributed by atoms with Crippen LogP contribution in [-0.2, 0) is 4.79 Å². The van der Waals surface area contributed by atoms with Gasteiger partial charge in [0.2, 0.25) is 5.91 Å². The van der Waals surface area contributed by atoms with Crippen LogP contribution in [0.2, 0.25) is 0 Å². The lowest BCUT2D eigenvalue weighted by atomic mass is 9.89. The van der Waals surface area contributed by atoms with Gasteiger partial charge in [0.1, 0.15) is 0 Å². The maximum absolute atomic E-state index is 11.5. The molecule has 0 aromatic carbocycles. The Labute approximate surface area is 78.5 Å². The van der Waals surface area contributed by atoms with Crippen molar-refractivity contribution in [2.45, 2.75) is 45.3 Å². The molecule has 0 heterocycles. The third-order valence-corrected chi connectivity index (χ3v) is 3.29. The van der Waals surface area contributed by atoms with Crippen LogP contribution in [0.25, 0.3) is 0 Å². The third kappa shape index (κ3) is 1.70. The van der Waals surface area contributed by atoms with Crippen molar-refractivity contribution in [3.8, 4) is 0 Å². The van der Waals surface area contributed by atoms with Crippen LogP contribution in [0.1, 0.15) is 33.1 Å². The fraction of sp³-hybridized carbons (Fsp3) is 0.900. The number of aliphatic hydroxyl groups excluding tert-OH is 1. The predicted octanol–water partition coefficient (Wildman–Crippen LogP) is 0.672. The van der Waals surface area contributed by atoms with Crippen molar-refractivity contribution in [2.24, 2.45) is 11.3 Å². The van der Waals surface area contributed by atoms with E-state index >= 15 is 0 Å². The van der Waals surface area contributed by atoms with E-state index < -0.39 is 0 Å². The molecular weight excluding hydrogens is 166 g/mol. The molecule has 0 bridgehead atoms. The van der Waals surface area contributed by atoms with Crippen molar-refractivity contribution < 1.29 is 9.90 Å². The maximum atomic E-state index is 11.5. The topological polar surface area (TPSA) is 49.3 Å². The quantitative estimate of drug-likeness (QED) is 0.661. The monoisotopic (exact) mass is 183 g/mol. The number of rotatable bonds is 2. The third-order valence-electron chi connectivity index (χ3n) is 3.29. The number of carbonyl (C=O) groups is 1. The Morgan fingerprint density at radius 1 is 1.46 bits per heavy atom. The van der Waals surface area contributed by atoms with Gasteiger partial charge in [0.05, 0.1) is 6.10 Å². The lowest BCUT2D eigenvalue weighted by Gasteiger charge is -2.32. The highest BCUT2D eigenvalue weighted by molar-refractivity contribution is 5.82. The highest BCUT2D eigenvalue weighted by Gasteiger charge is 2.51. The SMILES string of the molecule is CC1(C)CC1C(=O)NC1CC(O)C1. The molecule has 0 saturated heterocycles. The van der Waals surface area contributed by atoms with Gasteiger partial charge in [0.15, 0.2) is 0 Å². The van der Waals surface area contributed by atoms with Crippen molar-refractivity contribution in [3.63, 3.8) is 0 Å². The number of amides is 1. The molecule has 2 aliphatic carbocycles. The number of aliphatic hydroxyl groups is 1. The Hall–Kier alpha value is -0.570. The van der Waals surface area contributed by atoms with E-state index in [4.69, 9.17) is 5.11 Å². The summed E-state index contributed by atoms with van der Waals surface area (Å²) in [6.45, 7) is 4.24. The Kier molecular flexibility index (Phi) is 1.88. The largest absolute Gasteiger partial charge is 0.393 e. The molecule has 1 atom stereocenters. The van der Waals surface area contributed by atoms with E-state index in [1.165, 1.54) is 0 Å². The molecule has 2 rings (SSSR count). The van der Waals surface area contributed by atoms with Crippen LogP contribution in [-0.4, -0.2) is 23.2 Å². The van der Waals surface area contributed by atoms with Gasteiger partial charge in [0, 0.05) is 12.0 Å². The van der Waals surface area contributed by atoms with Crippen LogP contribution in [0.15, 0.2) is 0 Å². The molecule has 2 N–H and O–H groups in total. The number of carbonyl (C=O) groups excluding carboxylic acids is 1. The van der Waals surface area contributed by atoms with Gasteiger partial charge in [-0.2, -0.15) is 0 Å². The van der Waals surface area contributed by atoms with E-state index in [2.05, 4.69) is 19.2 Å². The molecule has 13 heavy (non-hydrogen) atoms. The van der Waals surface area contributed by atoms with E-state index in [1.807, 2.05) is 0 Å². The van der Waals surface area contributed by atoms with E-state index in [1.54, 1.807) is 0 Å². The van der Waals surface area contributed by atoms with Crippen molar-refractivity contribution in [2.75, 3.05) is 0 Å². The second-order valence-corrected chi connectivity index (χ2v) is 5.08. The highest BCUT2D eigenvalue weighted by atomic mass is 16.3. The first kappa shape index (κ1) is 9.00. The van der Waals surface area contributed by atoms with Gasteiger partial charge in [-0.15, -0.1) is 0 Å². The summed E-state index contributed by atoms with van der Waals surface area (Å²) < 4.78 is 0. The van der Waals surface area contributed by atoms with E-state index in [-0.39, 0.29) is 29.4 Å². The summed E-state index contributed by atoms with van der Waals surface area (Å²) in [5.74, 6) is 0.396. The van der Waals surface area contributed by atoms with Crippen LogP contribution in [0, 0.1) is 11.3 Å². The summed E-state index contributed by atoms with van der Waals surface area (Å²) in [6.07, 6.45) is 2.30. The molecule has 3 nitrogen and oxygen atoms in total. The summed E-state index contributed by atoms with van der Waals surface area (Å²) in [5, 5.41) is 12.0. The number of nitrogens with one attached hydrogen (secondary N) is 1. The van der Waals surface area contributed by atoms with Crippen molar-refractivity contribution in [3.05, 3.63) is 0 Å². The molecule has 1 amide bonds. The van der Waals surface area contributed by atoms with Crippen LogP contribution >= 0.6 is 0 Å². The van der Waals surface area contributed by atoms with Crippen molar-refractivity contribution >= 4 is 5.91 Å². The summed E-state index contributed by atoms with van der Waals surface area (Å²) in [7, 11) is 0. The lowest BCUT2D eigenvalue weighted by molar-refractivity contribution is -0.125. The minimum Gasteiger partial charge on any atom is -0.393 e. The van der Waals surface area contributed by atoms with Gasteiger partial charge >= 0.3 is 0 Å². The van der Waals surface area contributed by atoms with Gasteiger partial charge in [-0.05, 0) is 24.7 Å². The van der Waals surface area contributed by atoms with Crippen LogP contribution in [0.3, 0.4) is 0 Å². The zero-order chi connectivity index (χ0) is 9.64. The average molecular weight is 183 g/mol. The minimum absolute atomic E-state index is 0.182.